The molecule has 0 fully saturated rings. The number of imidazole rings is 1. The topological polar surface area (TPSA) is 114 Å². The highest BCUT2D eigenvalue weighted by Gasteiger charge is 2.27. The van der Waals surface area contributed by atoms with Crippen LogP contribution in [0, 0.1) is 23.0 Å². The van der Waals surface area contributed by atoms with Gasteiger partial charge in [0.15, 0.2) is 5.13 Å². The molecule has 1 amide bonds. The van der Waals surface area contributed by atoms with Crippen LogP contribution in [0.15, 0.2) is 18.2 Å². The van der Waals surface area contributed by atoms with Crippen LogP contribution in [0.1, 0.15) is 23.6 Å². The first kappa shape index (κ1) is 15.7. The maximum absolute atomic E-state index is 12.5. The van der Waals surface area contributed by atoms with Crippen LogP contribution in [0.3, 0.4) is 0 Å². The Morgan fingerprint density at radius 3 is 3.08 bits per heavy atom. The van der Waals surface area contributed by atoms with E-state index in [9.17, 15) is 14.9 Å². The van der Waals surface area contributed by atoms with E-state index in [1.54, 1.807) is 6.07 Å². The summed E-state index contributed by atoms with van der Waals surface area (Å²) in [5.41, 5.74) is 2.74. The minimum absolute atomic E-state index is 0.0171. The lowest BCUT2D eigenvalue weighted by Gasteiger charge is -2.19. The van der Waals surface area contributed by atoms with E-state index in [0.29, 0.717) is 21.8 Å². The van der Waals surface area contributed by atoms with E-state index in [-0.39, 0.29) is 17.5 Å². The fraction of sp³-hybridized carbons (Fsp3) is 0.312. The minimum atomic E-state index is -0.441. The third-order valence-electron chi connectivity index (χ3n) is 4.35. The lowest BCUT2D eigenvalue weighted by atomic mass is 9.89. The largest absolute Gasteiger partial charge is 0.346 e. The second kappa shape index (κ2) is 5.92. The quantitative estimate of drug-likeness (QED) is 0.552. The number of carbonyl (C=O) groups excluding carboxylic acids is 1. The van der Waals surface area contributed by atoms with Gasteiger partial charge in [0, 0.05) is 30.2 Å². The Bertz CT molecular complexity index is 993. The Labute approximate surface area is 146 Å². The zero-order chi connectivity index (χ0) is 17.6. The molecule has 0 spiro atoms. The summed E-state index contributed by atoms with van der Waals surface area (Å²) in [7, 11) is 0. The van der Waals surface area contributed by atoms with Crippen LogP contribution in [0.2, 0.25) is 0 Å². The van der Waals surface area contributed by atoms with Crippen molar-refractivity contribution in [1.29, 1.82) is 0 Å². The van der Waals surface area contributed by atoms with Gasteiger partial charge in [-0.05, 0) is 25.8 Å². The molecule has 128 valence electrons. The van der Waals surface area contributed by atoms with Gasteiger partial charge in [-0.15, -0.1) is 0 Å². The van der Waals surface area contributed by atoms with Crippen LogP contribution in [-0.2, 0) is 17.6 Å². The van der Waals surface area contributed by atoms with Crippen molar-refractivity contribution in [2.24, 2.45) is 5.92 Å². The summed E-state index contributed by atoms with van der Waals surface area (Å²) in [5.74, 6) is 0.666. The molecular weight excluding hydrogens is 342 g/mol. The molecule has 0 saturated heterocycles. The molecule has 0 saturated carbocycles. The zero-order valence-electron chi connectivity index (χ0n) is 13.4. The van der Waals surface area contributed by atoms with Crippen LogP contribution in [0.4, 0.5) is 10.8 Å². The number of amides is 1. The van der Waals surface area contributed by atoms with Crippen molar-refractivity contribution in [2.75, 3.05) is 5.32 Å². The molecule has 1 aliphatic carbocycles. The number of H-pyrrole nitrogens is 1. The molecule has 2 N–H and O–H groups in total. The van der Waals surface area contributed by atoms with Crippen molar-refractivity contribution >= 4 is 38.3 Å². The Morgan fingerprint density at radius 1 is 1.44 bits per heavy atom. The van der Waals surface area contributed by atoms with Gasteiger partial charge in [-0.1, -0.05) is 11.3 Å². The summed E-state index contributed by atoms with van der Waals surface area (Å²) in [5, 5.41) is 14.2. The summed E-state index contributed by atoms with van der Waals surface area (Å²) in [6.45, 7) is 1.91. The molecule has 1 aromatic carbocycles. The SMILES string of the molecule is Cc1nc2c([nH]1)CC(C(=O)Nc1nc3ccc([N+](=O)[O-])cc3s1)CC2. The maximum Gasteiger partial charge on any atom is 0.270 e. The van der Waals surface area contributed by atoms with Gasteiger partial charge in [0.2, 0.25) is 5.91 Å². The number of non-ortho nitro benzene ring substituents is 1. The van der Waals surface area contributed by atoms with E-state index in [0.717, 1.165) is 30.1 Å². The lowest BCUT2D eigenvalue weighted by molar-refractivity contribution is -0.384. The van der Waals surface area contributed by atoms with Crippen LogP contribution >= 0.6 is 11.3 Å². The average Bonchev–Trinajstić information content (AvgIpc) is 3.14. The number of benzene rings is 1. The van der Waals surface area contributed by atoms with Gasteiger partial charge in [-0.3, -0.25) is 14.9 Å². The van der Waals surface area contributed by atoms with Crippen molar-refractivity contribution in [3.8, 4) is 0 Å². The number of nitrogens with one attached hydrogen (secondary N) is 2. The number of thiazole rings is 1. The van der Waals surface area contributed by atoms with Gasteiger partial charge >= 0.3 is 0 Å². The van der Waals surface area contributed by atoms with E-state index in [4.69, 9.17) is 0 Å². The number of rotatable bonds is 3. The summed E-state index contributed by atoms with van der Waals surface area (Å²) in [6.07, 6.45) is 2.17. The monoisotopic (exact) mass is 357 g/mol. The predicted octanol–water partition coefficient (Wildman–Crippen LogP) is 2.98. The normalized spacial score (nSPS) is 16.6. The molecule has 0 aliphatic heterocycles. The number of carbonyl (C=O) groups is 1. The Kier molecular flexibility index (Phi) is 3.72. The molecule has 1 aliphatic rings. The fourth-order valence-corrected chi connectivity index (χ4v) is 4.04. The van der Waals surface area contributed by atoms with E-state index in [2.05, 4.69) is 20.3 Å². The summed E-state index contributed by atoms with van der Waals surface area (Å²) < 4.78 is 0.680. The molecular formula is C16H15N5O3S. The summed E-state index contributed by atoms with van der Waals surface area (Å²) in [4.78, 5) is 34.9. The molecule has 1 atom stereocenters. The number of fused-ring (bicyclic) bond motifs is 2. The number of aromatic amines is 1. The molecule has 4 rings (SSSR count). The lowest BCUT2D eigenvalue weighted by Crippen LogP contribution is -2.28. The predicted molar refractivity (Wildman–Crippen MR) is 93.7 cm³/mol. The molecule has 8 nitrogen and oxygen atoms in total. The van der Waals surface area contributed by atoms with Crippen molar-refractivity contribution in [1.82, 2.24) is 15.0 Å². The first-order chi connectivity index (χ1) is 12.0. The van der Waals surface area contributed by atoms with Gasteiger partial charge < -0.3 is 10.3 Å². The molecule has 0 bridgehead atoms. The summed E-state index contributed by atoms with van der Waals surface area (Å²) in [6, 6.07) is 4.49. The fourth-order valence-electron chi connectivity index (χ4n) is 3.14. The van der Waals surface area contributed by atoms with Crippen molar-refractivity contribution in [2.45, 2.75) is 26.2 Å². The average molecular weight is 357 g/mol. The van der Waals surface area contributed by atoms with Crippen LogP contribution < -0.4 is 5.32 Å². The minimum Gasteiger partial charge on any atom is -0.346 e. The van der Waals surface area contributed by atoms with Crippen LogP contribution in [0.5, 0.6) is 0 Å². The first-order valence-corrected chi connectivity index (χ1v) is 8.71. The molecule has 25 heavy (non-hydrogen) atoms. The van der Waals surface area contributed by atoms with E-state index in [1.807, 2.05) is 6.92 Å². The smallest absolute Gasteiger partial charge is 0.270 e. The number of hydrogen-bond acceptors (Lipinski definition) is 6. The highest BCUT2D eigenvalue weighted by atomic mass is 32.1. The maximum atomic E-state index is 12.5. The number of anilines is 1. The highest BCUT2D eigenvalue weighted by molar-refractivity contribution is 7.22. The molecule has 1 unspecified atom stereocenters. The standard InChI is InChI=1S/C16H15N5O3S/c1-8-17-11-4-2-9(6-13(11)18-8)15(22)20-16-19-12-5-3-10(21(23)24)7-14(12)25-16/h3,5,7,9H,2,4,6H2,1H3,(H,17,18)(H,19,20,22). The first-order valence-electron chi connectivity index (χ1n) is 7.90. The number of aryl methyl sites for hydroxylation is 2. The van der Waals surface area contributed by atoms with Gasteiger partial charge in [0.25, 0.3) is 5.69 Å². The molecule has 2 aromatic heterocycles. The van der Waals surface area contributed by atoms with E-state index in [1.165, 1.54) is 23.5 Å². The van der Waals surface area contributed by atoms with Crippen LogP contribution in [0.25, 0.3) is 10.2 Å². The van der Waals surface area contributed by atoms with Gasteiger partial charge in [-0.25, -0.2) is 9.97 Å². The number of hydrogen-bond donors (Lipinski definition) is 2. The van der Waals surface area contributed by atoms with Gasteiger partial charge in [-0.2, -0.15) is 0 Å². The number of nitro groups is 1. The van der Waals surface area contributed by atoms with Gasteiger partial charge in [0.1, 0.15) is 5.82 Å². The number of nitro benzene ring substituents is 1. The summed E-state index contributed by atoms with van der Waals surface area (Å²) >= 11 is 1.24. The Hall–Kier alpha value is -2.81. The third kappa shape index (κ3) is 2.98. The van der Waals surface area contributed by atoms with Crippen molar-refractivity contribution in [3.05, 3.63) is 45.5 Å². The third-order valence-corrected chi connectivity index (χ3v) is 5.28. The second-order valence-corrected chi connectivity index (χ2v) is 7.14. The molecule has 2 heterocycles. The van der Waals surface area contributed by atoms with Crippen molar-refractivity contribution < 1.29 is 9.72 Å². The molecule has 3 aromatic rings. The second-order valence-electron chi connectivity index (χ2n) is 6.10. The van der Waals surface area contributed by atoms with E-state index >= 15 is 0 Å². The van der Waals surface area contributed by atoms with Crippen molar-refractivity contribution in [3.63, 3.8) is 0 Å². The van der Waals surface area contributed by atoms with Gasteiger partial charge in [0.05, 0.1) is 20.8 Å². The number of nitrogens with zero attached hydrogens (tertiary/aromatic N) is 3. The Morgan fingerprint density at radius 2 is 2.28 bits per heavy atom. The number of aromatic nitrogens is 3. The zero-order valence-corrected chi connectivity index (χ0v) is 14.2. The highest BCUT2D eigenvalue weighted by Crippen LogP contribution is 2.30. The van der Waals surface area contributed by atoms with E-state index < -0.39 is 4.92 Å². The molecule has 0 radical (unpaired) electrons. The van der Waals surface area contributed by atoms with Crippen LogP contribution in [-0.4, -0.2) is 25.8 Å². The Balaban J connectivity index is 1.51. The molecule has 9 heteroatoms.